The maximum atomic E-state index is 13.1. The molecule has 0 saturated heterocycles. The highest BCUT2D eigenvalue weighted by atomic mass is 32.1. The zero-order chi connectivity index (χ0) is 27.2. The van der Waals surface area contributed by atoms with Crippen molar-refractivity contribution in [1.82, 2.24) is 10.2 Å². The van der Waals surface area contributed by atoms with Gasteiger partial charge in [0.25, 0.3) is 11.8 Å². The summed E-state index contributed by atoms with van der Waals surface area (Å²) in [6, 6.07) is 29.3. The van der Waals surface area contributed by atoms with Crippen LogP contribution in [0.25, 0.3) is 10.6 Å². The van der Waals surface area contributed by atoms with Crippen molar-refractivity contribution in [2.75, 3.05) is 17.7 Å². The second kappa shape index (κ2) is 11.5. The number of ether oxygens (including phenoxy) is 1. The third-order valence-electron chi connectivity index (χ3n) is 5.82. The average Bonchev–Trinajstić information content (AvgIpc) is 3.45. The number of carbonyl (C=O) groups is 3. The van der Waals surface area contributed by atoms with Gasteiger partial charge in [-0.05, 0) is 48.5 Å². The minimum Gasteiger partial charge on any atom is -0.497 e. The average molecular weight is 535 g/mol. The maximum Gasteiger partial charge on any atom is 0.257 e. The van der Waals surface area contributed by atoms with Gasteiger partial charge >= 0.3 is 0 Å². The highest BCUT2D eigenvalue weighted by Gasteiger charge is 2.19. The summed E-state index contributed by atoms with van der Waals surface area (Å²) in [6.07, 6.45) is 0. The van der Waals surface area contributed by atoms with Crippen molar-refractivity contribution in [1.29, 1.82) is 0 Å². The summed E-state index contributed by atoms with van der Waals surface area (Å²) < 4.78 is 5.17. The number of rotatable bonds is 8. The molecule has 5 aromatic rings. The number of methoxy groups -OCH3 is 1. The van der Waals surface area contributed by atoms with E-state index in [9.17, 15) is 14.4 Å². The van der Waals surface area contributed by atoms with Crippen LogP contribution in [0.5, 0.6) is 5.75 Å². The number of hydrogen-bond acceptors (Lipinski definition) is 7. The number of hydrogen-bond donors (Lipinski definition) is 2. The Bertz CT molecular complexity index is 1650. The highest BCUT2D eigenvalue weighted by Crippen LogP contribution is 2.28. The lowest BCUT2D eigenvalue weighted by atomic mass is 9.98. The van der Waals surface area contributed by atoms with Crippen LogP contribution in [0.4, 0.5) is 10.8 Å². The van der Waals surface area contributed by atoms with E-state index in [-0.39, 0.29) is 11.3 Å². The summed E-state index contributed by atoms with van der Waals surface area (Å²) in [4.78, 5) is 39.1. The molecule has 2 N–H and O–H groups in total. The van der Waals surface area contributed by atoms with Crippen molar-refractivity contribution in [3.05, 3.63) is 125 Å². The van der Waals surface area contributed by atoms with Crippen molar-refractivity contribution in [2.24, 2.45) is 0 Å². The Balaban J connectivity index is 1.29. The molecule has 0 aliphatic carbocycles. The molecule has 0 spiro atoms. The fourth-order valence-electron chi connectivity index (χ4n) is 3.85. The van der Waals surface area contributed by atoms with Crippen LogP contribution in [-0.4, -0.2) is 34.9 Å². The van der Waals surface area contributed by atoms with Gasteiger partial charge in [0, 0.05) is 27.9 Å². The summed E-state index contributed by atoms with van der Waals surface area (Å²) in [5, 5.41) is 14.8. The molecule has 0 saturated carbocycles. The highest BCUT2D eigenvalue weighted by molar-refractivity contribution is 7.18. The molecule has 39 heavy (non-hydrogen) atoms. The third kappa shape index (κ3) is 5.89. The maximum absolute atomic E-state index is 13.1. The first-order valence-corrected chi connectivity index (χ1v) is 12.7. The van der Waals surface area contributed by atoms with E-state index in [0.29, 0.717) is 32.5 Å². The van der Waals surface area contributed by atoms with Crippen molar-refractivity contribution < 1.29 is 19.1 Å². The lowest BCUT2D eigenvalue weighted by Gasteiger charge is -2.11. The largest absolute Gasteiger partial charge is 0.497 e. The number of amides is 2. The second-order valence-corrected chi connectivity index (χ2v) is 9.35. The first-order valence-electron chi connectivity index (χ1n) is 11.9. The van der Waals surface area contributed by atoms with E-state index < -0.39 is 11.8 Å². The van der Waals surface area contributed by atoms with Gasteiger partial charge in [-0.2, -0.15) is 0 Å². The predicted molar refractivity (Wildman–Crippen MR) is 151 cm³/mol. The Labute approximate surface area is 228 Å². The SMILES string of the molecule is COc1ccc(-c2nnc(NC(=O)c3cccc(NC(=O)c4ccccc4C(=O)c4ccccc4)c3)s2)cc1. The van der Waals surface area contributed by atoms with Crippen LogP contribution < -0.4 is 15.4 Å². The summed E-state index contributed by atoms with van der Waals surface area (Å²) in [5.41, 5.74) is 2.60. The molecule has 5 rings (SSSR count). The van der Waals surface area contributed by atoms with Crippen LogP contribution >= 0.6 is 11.3 Å². The fourth-order valence-corrected chi connectivity index (χ4v) is 4.60. The number of aromatic nitrogens is 2. The van der Waals surface area contributed by atoms with Gasteiger partial charge in [0.2, 0.25) is 5.13 Å². The van der Waals surface area contributed by atoms with Crippen molar-refractivity contribution in [2.45, 2.75) is 0 Å². The van der Waals surface area contributed by atoms with Crippen LogP contribution in [0.1, 0.15) is 36.6 Å². The third-order valence-corrected chi connectivity index (χ3v) is 6.71. The first kappa shape index (κ1) is 25.5. The molecule has 2 amide bonds. The van der Waals surface area contributed by atoms with Crippen LogP contribution in [-0.2, 0) is 0 Å². The van der Waals surface area contributed by atoms with E-state index in [1.54, 1.807) is 79.9 Å². The van der Waals surface area contributed by atoms with Gasteiger partial charge in [0.1, 0.15) is 10.8 Å². The molecule has 0 fully saturated rings. The molecular weight excluding hydrogens is 512 g/mol. The van der Waals surface area contributed by atoms with Gasteiger partial charge < -0.3 is 10.1 Å². The molecule has 1 heterocycles. The van der Waals surface area contributed by atoms with Gasteiger partial charge in [-0.25, -0.2) is 0 Å². The molecule has 192 valence electrons. The molecular formula is C30H22N4O4S. The molecule has 0 aliphatic rings. The minimum atomic E-state index is -0.458. The summed E-state index contributed by atoms with van der Waals surface area (Å²) in [7, 11) is 1.60. The topological polar surface area (TPSA) is 110 Å². The van der Waals surface area contributed by atoms with Gasteiger partial charge in [0.15, 0.2) is 5.78 Å². The number of benzene rings is 4. The van der Waals surface area contributed by atoms with Crippen LogP contribution in [0.3, 0.4) is 0 Å². The Kier molecular flexibility index (Phi) is 7.51. The number of anilines is 2. The van der Waals surface area contributed by atoms with Gasteiger partial charge in [-0.3, -0.25) is 19.7 Å². The van der Waals surface area contributed by atoms with E-state index in [1.807, 2.05) is 30.3 Å². The van der Waals surface area contributed by atoms with Gasteiger partial charge in [-0.15, -0.1) is 10.2 Å². The van der Waals surface area contributed by atoms with E-state index in [1.165, 1.54) is 11.3 Å². The Morgan fingerprint density at radius 1 is 0.692 bits per heavy atom. The van der Waals surface area contributed by atoms with E-state index in [4.69, 9.17) is 4.74 Å². The predicted octanol–water partition coefficient (Wildman–Crippen LogP) is 5.95. The molecule has 0 bridgehead atoms. The molecule has 4 aromatic carbocycles. The smallest absolute Gasteiger partial charge is 0.257 e. The molecule has 0 atom stereocenters. The quantitative estimate of drug-likeness (QED) is 0.238. The van der Waals surface area contributed by atoms with E-state index in [0.717, 1.165) is 11.3 Å². The van der Waals surface area contributed by atoms with Crippen molar-refractivity contribution in [3.8, 4) is 16.3 Å². The summed E-state index contributed by atoms with van der Waals surface area (Å²) in [6.45, 7) is 0. The van der Waals surface area contributed by atoms with Crippen LogP contribution in [0, 0.1) is 0 Å². The number of carbonyl (C=O) groups excluding carboxylic acids is 3. The number of nitrogens with zero attached hydrogens (tertiary/aromatic N) is 2. The molecule has 0 aliphatic heterocycles. The Morgan fingerprint density at radius 3 is 2.13 bits per heavy atom. The molecule has 0 unspecified atom stereocenters. The zero-order valence-electron chi connectivity index (χ0n) is 20.8. The van der Waals surface area contributed by atoms with Crippen LogP contribution in [0.15, 0.2) is 103 Å². The normalized spacial score (nSPS) is 10.5. The summed E-state index contributed by atoms with van der Waals surface area (Å²) in [5.74, 6) is -0.375. The molecule has 1 aromatic heterocycles. The monoisotopic (exact) mass is 534 g/mol. The molecule has 9 heteroatoms. The van der Waals surface area contributed by atoms with E-state index >= 15 is 0 Å². The molecule has 8 nitrogen and oxygen atoms in total. The number of ketones is 1. The first-order chi connectivity index (χ1) is 19.0. The fraction of sp³-hybridized carbons (Fsp3) is 0.0333. The zero-order valence-corrected chi connectivity index (χ0v) is 21.6. The lowest BCUT2D eigenvalue weighted by molar-refractivity contribution is 0.0996. The van der Waals surface area contributed by atoms with Crippen molar-refractivity contribution in [3.63, 3.8) is 0 Å². The lowest BCUT2D eigenvalue weighted by Crippen LogP contribution is -2.17. The van der Waals surface area contributed by atoms with Crippen LogP contribution in [0.2, 0.25) is 0 Å². The Morgan fingerprint density at radius 2 is 1.38 bits per heavy atom. The van der Waals surface area contributed by atoms with E-state index in [2.05, 4.69) is 20.8 Å². The standard InChI is InChI=1S/C30H22N4O4S/c1-38-23-16-14-20(15-17-23)29-33-34-30(39-29)32-27(36)21-10-7-11-22(18-21)31-28(37)25-13-6-5-12-24(25)26(35)19-8-3-2-4-9-19/h2-18H,1H3,(H,31,37)(H,32,34,36). The number of nitrogens with one attached hydrogen (secondary N) is 2. The Hall–Kier alpha value is -5.15. The van der Waals surface area contributed by atoms with Gasteiger partial charge in [-0.1, -0.05) is 65.9 Å². The van der Waals surface area contributed by atoms with Gasteiger partial charge in [0.05, 0.1) is 12.7 Å². The minimum absolute atomic E-state index is 0.237. The second-order valence-electron chi connectivity index (χ2n) is 8.37. The van der Waals surface area contributed by atoms with Crippen molar-refractivity contribution >= 4 is 39.8 Å². The molecule has 0 radical (unpaired) electrons. The summed E-state index contributed by atoms with van der Waals surface area (Å²) >= 11 is 1.24.